The predicted molar refractivity (Wildman–Crippen MR) is 141 cm³/mol. The maximum absolute atomic E-state index is 14.3. The number of likely N-dealkylation sites (tertiary alicyclic amines) is 1. The molecule has 2 bridgehead atoms. The van der Waals surface area contributed by atoms with Gasteiger partial charge in [0.15, 0.2) is 0 Å². The van der Waals surface area contributed by atoms with E-state index in [1.165, 1.54) is 0 Å². The molecule has 3 saturated heterocycles. The van der Waals surface area contributed by atoms with Gasteiger partial charge in [0, 0.05) is 12.1 Å². The summed E-state index contributed by atoms with van der Waals surface area (Å²) >= 11 is 0. The molecule has 8 heteroatoms. The number of aliphatic hydroxyl groups excluding tert-OH is 1. The number of esters is 1. The molecule has 3 aliphatic heterocycles. The Morgan fingerprint density at radius 1 is 1.27 bits per heavy atom. The van der Waals surface area contributed by atoms with Crippen molar-refractivity contribution < 1.29 is 29.0 Å². The fourth-order valence-corrected chi connectivity index (χ4v) is 6.48. The highest BCUT2D eigenvalue weighted by Gasteiger charge is 2.75. The number of fused-ring (bicyclic) bond motifs is 1. The summed E-state index contributed by atoms with van der Waals surface area (Å²) in [7, 11) is 0. The zero-order valence-electron chi connectivity index (χ0n) is 23.3. The normalized spacial score (nSPS) is 29.4. The predicted octanol–water partition coefficient (Wildman–Crippen LogP) is 3.48. The molecule has 8 nitrogen and oxygen atoms in total. The Hall–Kier alpha value is -2.19. The summed E-state index contributed by atoms with van der Waals surface area (Å²) < 4.78 is 12.1. The quantitative estimate of drug-likeness (QED) is 0.228. The number of aliphatic hydroxyl groups is 1. The van der Waals surface area contributed by atoms with Gasteiger partial charge in [-0.05, 0) is 65.2 Å². The van der Waals surface area contributed by atoms with Crippen LogP contribution in [0.5, 0.6) is 0 Å². The van der Waals surface area contributed by atoms with Crippen LogP contribution in [0.3, 0.4) is 0 Å². The molecule has 0 radical (unpaired) electrons. The number of ether oxygens (including phenoxy) is 2. The lowest BCUT2D eigenvalue weighted by atomic mass is 9.70. The van der Waals surface area contributed by atoms with Crippen LogP contribution in [0, 0.1) is 17.8 Å². The van der Waals surface area contributed by atoms with E-state index in [9.17, 15) is 19.5 Å². The number of amides is 2. The average Bonchev–Trinajstić information content (AvgIpc) is 3.47. The molecule has 2 amide bonds. The Morgan fingerprint density at radius 2 is 1.97 bits per heavy atom. The number of hydrogen-bond acceptors (Lipinski definition) is 6. The van der Waals surface area contributed by atoms with Crippen molar-refractivity contribution in [3.05, 3.63) is 25.3 Å². The molecule has 1 spiro atoms. The lowest BCUT2D eigenvalue weighted by Gasteiger charge is -2.43. The molecule has 37 heavy (non-hydrogen) atoms. The zero-order chi connectivity index (χ0) is 27.5. The van der Waals surface area contributed by atoms with Crippen molar-refractivity contribution in [1.82, 2.24) is 9.80 Å². The van der Waals surface area contributed by atoms with Crippen molar-refractivity contribution in [1.29, 1.82) is 0 Å². The second kappa shape index (κ2) is 11.7. The molecule has 0 saturated carbocycles. The van der Waals surface area contributed by atoms with Crippen molar-refractivity contribution in [3.8, 4) is 0 Å². The van der Waals surface area contributed by atoms with Gasteiger partial charge in [0.25, 0.3) is 0 Å². The first-order valence-corrected chi connectivity index (χ1v) is 13.7. The van der Waals surface area contributed by atoms with Crippen molar-refractivity contribution >= 4 is 17.8 Å². The van der Waals surface area contributed by atoms with Crippen LogP contribution in [-0.2, 0) is 23.9 Å². The van der Waals surface area contributed by atoms with Gasteiger partial charge >= 0.3 is 5.97 Å². The number of carbonyl (C=O) groups is 3. The summed E-state index contributed by atoms with van der Waals surface area (Å²) in [6.07, 6.45) is 7.13. The Kier molecular flexibility index (Phi) is 9.27. The lowest BCUT2D eigenvalue weighted by molar-refractivity contribution is -0.157. The Labute approximate surface area is 222 Å². The van der Waals surface area contributed by atoms with Crippen LogP contribution in [0.1, 0.15) is 73.1 Å². The third-order valence-electron chi connectivity index (χ3n) is 8.03. The average molecular weight is 519 g/mol. The van der Waals surface area contributed by atoms with Crippen LogP contribution in [-0.4, -0.2) is 81.8 Å². The van der Waals surface area contributed by atoms with Gasteiger partial charge in [0.05, 0.1) is 37.2 Å². The van der Waals surface area contributed by atoms with E-state index in [4.69, 9.17) is 9.47 Å². The monoisotopic (exact) mass is 518 g/mol. The van der Waals surface area contributed by atoms with E-state index in [0.717, 1.165) is 19.3 Å². The van der Waals surface area contributed by atoms with Gasteiger partial charge in [-0.25, -0.2) is 0 Å². The topological polar surface area (TPSA) is 96.4 Å². The minimum Gasteiger partial charge on any atom is -0.465 e. The fourth-order valence-electron chi connectivity index (χ4n) is 6.48. The third-order valence-corrected chi connectivity index (χ3v) is 8.03. The summed E-state index contributed by atoms with van der Waals surface area (Å²) in [4.78, 5) is 45.0. The first kappa shape index (κ1) is 29.4. The molecule has 2 unspecified atom stereocenters. The highest BCUT2D eigenvalue weighted by Crippen LogP contribution is 2.59. The van der Waals surface area contributed by atoms with Crippen LogP contribution < -0.4 is 0 Å². The van der Waals surface area contributed by atoms with E-state index in [1.54, 1.807) is 15.9 Å². The Balaban J connectivity index is 2.00. The molecule has 3 aliphatic rings. The second-order valence-electron chi connectivity index (χ2n) is 12.1. The van der Waals surface area contributed by atoms with E-state index >= 15 is 0 Å². The molecule has 0 aliphatic carbocycles. The molecule has 0 aromatic rings. The zero-order valence-corrected chi connectivity index (χ0v) is 23.3. The van der Waals surface area contributed by atoms with Crippen molar-refractivity contribution in [2.45, 2.75) is 102 Å². The largest absolute Gasteiger partial charge is 0.465 e. The molecule has 3 rings (SSSR count). The van der Waals surface area contributed by atoms with E-state index in [0.29, 0.717) is 25.8 Å². The molecule has 6 atom stereocenters. The molecule has 0 aromatic heterocycles. The van der Waals surface area contributed by atoms with Crippen LogP contribution in [0.25, 0.3) is 0 Å². The van der Waals surface area contributed by atoms with E-state index < -0.39 is 47.1 Å². The summed E-state index contributed by atoms with van der Waals surface area (Å²) in [5.41, 5.74) is -1.64. The molecule has 1 N–H and O–H groups in total. The summed E-state index contributed by atoms with van der Waals surface area (Å²) in [5, 5.41) is 10.4. The van der Waals surface area contributed by atoms with Crippen LogP contribution in [0.4, 0.5) is 0 Å². The van der Waals surface area contributed by atoms with Gasteiger partial charge < -0.3 is 24.4 Å². The van der Waals surface area contributed by atoms with E-state index in [-0.39, 0.29) is 30.9 Å². The summed E-state index contributed by atoms with van der Waals surface area (Å²) in [6.45, 7) is 17.7. The molecular formula is C29H46N2O6. The SMILES string of the molecule is C=CCCCCOC(=O)[C@@H]1[C@H]2C(=O)N([C@@H](CO)CC(C)C)C(C(=O)N(CC=C)C(C)(C)C)C23CC[C@H]1O3. The molecule has 208 valence electrons. The van der Waals surface area contributed by atoms with E-state index in [2.05, 4.69) is 13.2 Å². The molecular weight excluding hydrogens is 472 g/mol. The number of hydrogen-bond donors (Lipinski definition) is 1. The highest BCUT2D eigenvalue weighted by atomic mass is 16.6. The highest BCUT2D eigenvalue weighted by molar-refractivity contribution is 5.98. The lowest BCUT2D eigenvalue weighted by Crippen LogP contribution is -2.61. The Morgan fingerprint density at radius 3 is 2.54 bits per heavy atom. The van der Waals surface area contributed by atoms with Gasteiger partial charge in [-0.15, -0.1) is 13.2 Å². The van der Waals surface area contributed by atoms with Crippen molar-refractivity contribution in [2.24, 2.45) is 17.8 Å². The van der Waals surface area contributed by atoms with Gasteiger partial charge in [0.2, 0.25) is 11.8 Å². The number of unbranched alkanes of at least 4 members (excludes halogenated alkanes) is 2. The van der Waals surface area contributed by atoms with Crippen molar-refractivity contribution in [3.63, 3.8) is 0 Å². The maximum Gasteiger partial charge on any atom is 0.312 e. The van der Waals surface area contributed by atoms with E-state index in [1.807, 2.05) is 40.7 Å². The first-order valence-electron chi connectivity index (χ1n) is 13.7. The number of rotatable bonds is 13. The Bertz CT molecular complexity index is 880. The molecule has 3 heterocycles. The first-order chi connectivity index (χ1) is 17.4. The minimum absolute atomic E-state index is 0.194. The molecule has 0 aromatic carbocycles. The van der Waals surface area contributed by atoms with Crippen LogP contribution in [0.2, 0.25) is 0 Å². The number of carbonyl (C=O) groups excluding carboxylic acids is 3. The van der Waals surface area contributed by atoms with Crippen molar-refractivity contribution in [2.75, 3.05) is 19.8 Å². The van der Waals surface area contributed by atoms with Gasteiger partial charge in [-0.1, -0.05) is 26.0 Å². The smallest absolute Gasteiger partial charge is 0.312 e. The minimum atomic E-state index is -1.11. The molecule has 3 fully saturated rings. The fraction of sp³-hybridized carbons (Fsp3) is 0.759. The number of allylic oxidation sites excluding steroid dienone is 1. The second-order valence-corrected chi connectivity index (χ2v) is 12.1. The van der Waals surface area contributed by atoms with Gasteiger partial charge in [-0.2, -0.15) is 0 Å². The standard InChI is InChI=1S/C29H46N2O6/c1-8-10-11-12-16-36-27(35)22-21-13-14-29(37-21)23(22)25(33)31(20(18-32)17-19(3)4)24(29)26(34)30(15-9-2)28(5,6)7/h8-9,19-24,32H,1-2,10-18H2,3-7H3/t20-,21-,22+,23+,24?,29?/m1/s1. The third kappa shape index (κ3) is 5.51. The van der Waals surface area contributed by atoms with Crippen LogP contribution >= 0.6 is 0 Å². The number of nitrogens with zero attached hydrogens (tertiary/aromatic N) is 2. The summed E-state index contributed by atoms with van der Waals surface area (Å²) in [6, 6.07) is -1.47. The maximum atomic E-state index is 14.3. The van der Waals surface area contributed by atoms with Gasteiger partial charge in [0.1, 0.15) is 11.6 Å². The summed E-state index contributed by atoms with van der Waals surface area (Å²) in [5.74, 6) is -2.31. The van der Waals surface area contributed by atoms with Crippen LogP contribution in [0.15, 0.2) is 25.3 Å². The van der Waals surface area contributed by atoms with Gasteiger partial charge in [-0.3, -0.25) is 14.4 Å².